The van der Waals surface area contributed by atoms with E-state index < -0.39 is 17.7 Å². The second-order valence-electron chi connectivity index (χ2n) is 10.8. The summed E-state index contributed by atoms with van der Waals surface area (Å²) in [4.78, 5) is 30.4. The highest BCUT2D eigenvalue weighted by molar-refractivity contribution is 6.51. The zero-order valence-corrected chi connectivity index (χ0v) is 22.1. The van der Waals surface area contributed by atoms with Crippen LogP contribution in [0, 0.1) is 13.8 Å². The summed E-state index contributed by atoms with van der Waals surface area (Å²) >= 11 is 0. The summed E-state index contributed by atoms with van der Waals surface area (Å²) in [6.07, 6.45) is 0. The SMILES string of the molecule is Cc1ccc(/C(O)=C2/C(=O)C(=O)N(c3ccc(C(C)(C)C)cc3)C2c2ccc(N(C)C)cc2)cc1C. The number of hydrogen-bond donors (Lipinski definition) is 1. The maximum absolute atomic E-state index is 13.4. The third kappa shape index (κ3) is 4.53. The van der Waals surface area contributed by atoms with Gasteiger partial charge in [0.1, 0.15) is 5.76 Å². The average Bonchev–Trinajstić information content (AvgIpc) is 3.10. The Morgan fingerprint density at radius 1 is 0.861 bits per heavy atom. The van der Waals surface area contributed by atoms with Crippen LogP contribution in [0.2, 0.25) is 0 Å². The van der Waals surface area contributed by atoms with Gasteiger partial charge in [0.15, 0.2) is 0 Å². The zero-order valence-electron chi connectivity index (χ0n) is 22.1. The van der Waals surface area contributed by atoms with Crippen LogP contribution >= 0.6 is 0 Å². The maximum atomic E-state index is 13.4. The van der Waals surface area contributed by atoms with Crippen LogP contribution in [0.3, 0.4) is 0 Å². The van der Waals surface area contributed by atoms with Gasteiger partial charge in [-0.05, 0) is 71.8 Å². The minimum absolute atomic E-state index is 0.0442. The summed E-state index contributed by atoms with van der Waals surface area (Å²) in [5, 5.41) is 11.4. The number of carbonyl (C=O) groups excluding carboxylic acids is 2. The van der Waals surface area contributed by atoms with Crippen LogP contribution in [0.1, 0.15) is 54.6 Å². The van der Waals surface area contributed by atoms with Crippen LogP contribution in [0.25, 0.3) is 5.76 Å². The third-order valence-corrected chi connectivity index (χ3v) is 6.96. The smallest absolute Gasteiger partial charge is 0.300 e. The van der Waals surface area contributed by atoms with Crippen LogP contribution in [0.5, 0.6) is 0 Å². The Hall–Kier alpha value is -3.86. The van der Waals surface area contributed by atoms with Crippen molar-refractivity contribution in [3.63, 3.8) is 0 Å². The molecule has 1 fully saturated rings. The van der Waals surface area contributed by atoms with Gasteiger partial charge in [-0.25, -0.2) is 0 Å². The van der Waals surface area contributed by atoms with E-state index in [0.717, 1.165) is 27.9 Å². The van der Waals surface area contributed by atoms with Gasteiger partial charge in [0.05, 0.1) is 11.6 Å². The predicted molar refractivity (Wildman–Crippen MR) is 147 cm³/mol. The van der Waals surface area contributed by atoms with Crippen molar-refractivity contribution in [1.29, 1.82) is 0 Å². The Kier molecular flexibility index (Phi) is 6.52. The largest absolute Gasteiger partial charge is 0.507 e. The summed E-state index contributed by atoms with van der Waals surface area (Å²) in [5.74, 6) is -1.50. The first-order valence-electron chi connectivity index (χ1n) is 12.2. The van der Waals surface area contributed by atoms with Crippen molar-refractivity contribution in [2.24, 2.45) is 0 Å². The fraction of sp³-hybridized carbons (Fsp3) is 0.290. The van der Waals surface area contributed by atoms with Gasteiger partial charge in [0, 0.05) is 31.0 Å². The van der Waals surface area contributed by atoms with Crippen LogP contribution < -0.4 is 9.80 Å². The molecule has 186 valence electrons. The number of benzene rings is 3. The summed E-state index contributed by atoms with van der Waals surface area (Å²) in [5.41, 5.74) is 6.16. The molecule has 5 nitrogen and oxygen atoms in total. The second kappa shape index (κ2) is 9.30. The molecule has 0 aliphatic carbocycles. The highest BCUT2D eigenvalue weighted by atomic mass is 16.3. The number of amides is 1. The van der Waals surface area contributed by atoms with Crippen molar-refractivity contribution in [3.05, 3.63) is 100 Å². The molecule has 1 atom stereocenters. The molecule has 1 N–H and O–H groups in total. The van der Waals surface area contributed by atoms with Crippen molar-refractivity contribution < 1.29 is 14.7 Å². The highest BCUT2D eigenvalue weighted by Gasteiger charge is 2.47. The van der Waals surface area contributed by atoms with E-state index in [-0.39, 0.29) is 16.7 Å². The number of hydrogen-bond acceptors (Lipinski definition) is 4. The number of nitrogens with zero attached hydrogens (tertiary/aromatic N) is 2. The lowest BCUT2D eigenvalue weighted by Gasteiger charge is -2.27. The summed E-state index contributed by atoms with van der Waals surface area (Å²) in [6.45, 7) is 10.3. The highest BCUT2D eigenvalue weighted by Crippen LogP contribution is 2.43. The van der Waals surface area contributed by atoms with E-state index in [1.165, 1.54) is 4.90 Å². The first kappa shape index (κ1) is 25.2. The molecule has 36 heavy (non-hydrogen) atoms. The van der Waals surface area contributed by atoms with Crippen LogP contribution in [0.15, 0.2) is 72.3 Å². The fourth-order valence-electron chi connectivity index (χ4n) is 4.54. The van der Waals surface area contributed by atoms with E-state index in [1.54, 1.807) is 6.07 Å². The Balaban J connectivity index is 1.91. The molecule has 1 amide bonds. The molecule has 1 unspecified atom stereocenters. The number of Topliss-reactive ketones (excluding diaryl/α,β-unsaturated/α-hetero) is 1. The Labute approximate surface area is 213 Å². The molecule has 1 saturated heterocycles. The number of ketones is 1. The number of aliphatic hydroxyl groups excluding tert-OH is 1. The molecule has 0 saturated carbocycles. The summed E-state index contributed by atoms with van der Waals surface area (Å²) < 4.78 is 0. The molecule has 4 rings (SSSR count). The second-order valence-corrected chi connectivity index (χ2v) is 10.8. The predicted octanol–water partition coefficient (Wildman–Crippen LogP) is 6.29. The topological polar surface area (TPSA) is 60.9 Å². The number of anilines is 2. The molecular formula is C31H34N2O3. The summed E-state index contributed by atoms with van der Waals surface area (Å²) in [7, 11) is 3.91. The van der Waals surface area contributed by atoms with E-state index >= 15 is 0 Å². The first-order valence-corrected chi connectivity index (χ1v) is 12.2. The van der Waals surface area contributed by atoms with E-state index in [2.05, 4.69) is 20.8 Å². The maximum Gasteiger partial charge on any atom is 0.300 e. The Morgan fingerprint density at radius 3 is 2.00 bits per heavy atom. The van der Waals surface area contributed by atoms with Crippen molar-refractivity contribution in [2.75, 3.05) is 23.9 Å². The number of aryl methyl sites for hydroxylation is 2. The standard InChI is InChI=1S/C31H34N2O3/c1-19-8-9-22(18-20(19)2)28(34)26-27(21-10-14-24(15-11-21)32(6)7)33(30(36)29(26)35)25-16-12-23(13-17-25)31(3,4)5/h8-18,27,34H,1-7H3/b28-26-. The molecular weight excluding hydrogens is 448 g/mol. The van der Waals surface area contributed by atoms with Crippen molar-refractivity contribution in [1.82, 2.24) is 0 Å². The first-order chi connectivity index (χ1) is 16.9. The Bertz CT molecular complexity index is 1340. The van der Waals surface area contributed by atoms with E-state index in [4.69, 9.17) is 0 Å². The third-order valence-electron chi connectivity index (χ3n) is 6.96. The van der Waals surface area contributed by atoms with Gasteiger partial charge in [0.2, 0.25) is 0 Å². The van der Waals surface area contributed by atoms with Gasteiger partial charge in [-0.2, -0.15) is 0 Å². The summed E-state index contributed by atoms with van der Waals surface area (Å²) in [6, 6.07) is 20.3. The fourth-order valence-corrected chi connectivity index (χ4v) is 4.54. The molecule has 3 aromatic rings. The van der Waals surface area contributed by atoms with Gasteiger partial charge < -0.3 is 10.0 Å². The normalized spacial score (nSPS) is 17.5. The molecule has 1 heterocycles. The van der Waals surface area contributed by atoms with Gasteiger partial charge in [-0.15, -0.1) is 0 Å². The lowest BCUT2D eigenvalue weighted by Crippen LogP contribution is -2.29. The van der Waals surface area contributed by atoms with Crippen molar-refractivity contribution in [3.8, 4) is 0 Å². The number of aliphatic hydroxyl groups is 1. The van der Waals surface area contributed by atoms with E-state index in [1.807, 2.05) is 93.5 Å². The van der Waals surface area contributed by atoms with Crippen LogP contribution in [-0.2, 0) is 15.0 Å². The molecule has 1 aliphatic rings. The van der Waals surface area contributed by atoms with E-state index in [9.17, 15) is 14.7 Å². The number of rotatable bonds is 4. The molecule has 1 aliphatic heterocycles. The molecule has 0 aromatic heterocycles. The van der Waals surface area contributed by atoms with Crippen molar-refractivity contribution in [2.45, 2.75) is 46.1 Å². The lowest BCUT2D eigenvalue weighted by atomic mass is 9.87. The molecule has 3 aromatic carbocycles. The average molecular weight is 483 g/mol. The molecule has 0 bridgehead atoms. The van der Waals surface area contributed by atoms with Crippen LogP contribution in [-0.4, -0.2) is 30.9 Å². The van der Waals surface area contributed by atoms with Crippen molar-refractivity contribution >= 4 is 28.8 Å². The molecule has 5 heteroatoms. The quantitative estimate of drug-likeness (QED) is 0.270. The van der Waals surface area contributed by atoms with Gasteiger partial charge in [0.25, 0.3) is 11.7 Å². The van der Waals surface area contributed by atoms with Gasteiger partial charge >= 0.3 is 0 Å². The minimum Gasteiger partial charge on any atom is -0.507 e. The van der Waals surface area contributed by atoms with Crippen LogP contribution in [0.4, 0.5) is 11.4 Å². The van der Waals surface area contributed by atoms with E-state index in [0.29, 0.717) is 11.3 Å². The lowest BCUT2D eigenvalue weighted by molar-refractivity contribution is -0.132. The monoisotopic (exact) mass is 482 g/mol. The molecule has 0 spiro atoms. The van der Waals surface area contributed by atoms with Gasteiger partial charge in [-0.1, -0.05) is 57.2 Å². The Morgan fingerprint density at radius 2 is 1.47 bits per heavy atom. The number of carbonyl (C=O) groups is 2. The molecule has 0 radical (unpaired) electrons. The zero-order chi connectivity index (χ0) is 26.4. The van der Waals surface area contributed by atoms with Gasteiger partial charge in [-0.3, -0.25) is 14.5 Å². The minimum atomic E-state index is -0.747.